The van der Waals surface area contributed by atoms with Crippen LogP contribution < -0.4 is 19.7 Å². The number of anilines is 1. The van der Waals surface area contributed by atoms with Crippen LogP contribution in [0.25, 0.3) is 0 Å². The van der Waals surface area contributed by atoms with E-state index in [0.29, 0.717) is 24.6 Å². The second-order valence-electron chi connectivity index (χ2n) is 10.9. The Balaban J connectivity index is 1.45. The molecule has 2 aromatic rings. The molecule has 7 nitrogen and oxygen atoms in total. The van der Waals surface area contributed by atoms with Crippen molar-refractivity contribution in [3.05, 3.63) is 53.6 Å². The topological polar surface area (TPSA) is 55.4 Å². The molecule has 216 valence electrons. The molecule has 2 heterocycles. The Labute approximate surface area is 235 Å². The molecular weight excluding hydrogens is 490 g/mol. The molecule has 2 aliphatic rings. The number of hydrogen-bond acceptors (Lipinski definition) is 7. The lowest BCUT2D eigenvalue weighted by Gasteiger charge is -2.39. The van der Waals surface area contributed by atoms with E-state index in [2.05, 4.69) is 78.4 Å². The summed E-state index contributed by atoms with van der Waals surface area (Å²) in [5.41, 5.74) is 3.67. The zero-order valence-electron chi connectivity index (χ0n) is 24.7. The Morgan fingerprint density at radius 2 is 1.90 bits per heavy atom. The Kier molecular flexibility index (Phi) is 11.3. The molecule has 2 aliphatic heterocycles. The summed E-state index contributed by atoms with van der Waals surface area (Å²) in [7, 11) is 3.48. The predicted octanol–water partition coefficient (Wildman–Crippen LogP) is 5.08. The minimum Gasteiger partial charge on any atom is -0.497 e. The number of methoxy groups -OCH3 is 2. The van der Waals surface area contributed by atoms with Gasteiger partial charge in [0, 0.05) is 44.8 Å². The third-order valence-electron chi connectivity index (χ3n) is 8.42. The molecule has 0 saturated carbocycles. The zero-order valence-corrected chi connectivity index (χ0v) is 24.7. The average Bonchev–Trinajstić information content (AvgIpc) is 2.97. The van der Waals surface area contributed by atoms with E-state index in [0.717, 1.165) is 82.4 Å². The Morgan fingerprint density at radius 3 is 2.62 bits per heavy atom. The number of hydrogen-bond donors (Lipinski definition) is 1. The highest BCUT2D eigenvalue weighted by Crippen LogP contribution is 2.35. The number of nitrogens with one attached hydrogen (secondary N) is 1. The molecule has 0 amide bonds. The van der Waals surface area contributed by atoms with Crippen LogP contribution in [0.15, 0.2) is 42.5 Å². The molecular formula is C32H49N3O4. The van der Waals surface area contributed by atoms with E-state index in [1.165, 1.54) is 11.1 Å². The summed E-state index contributed by atoms with van der Waals surface area (Å²) in [6, 6.07) is 16.1. The number of rotatable bonds is 14. The summed E-state index contributed by atoms with van der Waals surface area (Å²) in [5, 5.41) is 3.83. The molecule has 1 N–H and O–H groups in total. The number of piperidine rings is 1. The molecule has 39 heavy (non-hydrogen) atoms. The smallest absolute Gasteiger partial charge is 0.142 e. The lowest BCUT2D eigenvalue weighted by molar-refractivity contribution is 0.000312. The first-order chi connectivity index (χ1) is 19.1. The Bertz CT molecular complexity index is 997. The van der Waals surface area contributed by atoms with Gasteiger partial charge in [-0.2, -0.15) is 0 Å². The van der Waals surface area contributed by atoms with Gasteiger partial charge in [-0.25, -0.2) is 0 Å². The summed E-state index contributed by atoms with van der Waals surface area (Å²) in [4.78, 5) is 4.95. The summed E-state index contributed by atoms with van der Waals surface area (Å²) < 4.78 is 23.3. The van der Waals surface area contributed by atoms with Gasteiger partial charge in [-0.3, -0.25) is 0 Å². The van der Waals surface area contributed by atoms with Crippen LogP contribution >= 0.6 is 0 Å². The average molecular weight is 540 g/mol. The van der Waals surface area contributed by atoms with Gasteiger partial charge in [-0.05, 0) is 74.7 Å². The molecule has 0 unspecified atom stereocenters. The molecule has 2 aromatic carbocycles. The van der Waals surface area contributed by atoms with Crippen LogP contribution in [-0.4, -0.2) is 83.2 Å². The Hall–Kier alpha value is -2.32. The number of nitrogens with zero attached hydrogens (tertiary/aromatic N) is 2. The summed E-state index contributed by atoms with van der Waals surface area (Å²) in [5.74, 6) is 2.18. The van der Waals surface area contributed by atoms with Crippen molar-refractivity contribution in [1.29, 1.82) is 0 Å². The maximum Gasteiger partial charge on any atom is 0.142 e. The molecule has 0 aliphatic carbocycles. The summed E-state index contributed by atoms with van der Waals surface area (Å²) in [6.45, 7) is 13.8. The van der Waals surface area contributed by atoms with Gasteiger partial charge in [0.2, 0.25) is 0 Å². The van der Waals surface area contributed by atoms with Crippen molar-refractivity contribution in [2.75, 3.05) is 65.1 Å². The second-order valence-corrected chi connectivity index (χ2v) is 10.9. The fourth-order valence-electron chi connectivity index (χ4n) is 6.17. The van der Waals surface area contributed by atoms with Crippen LogP contribution in [0.4, 0.5) is 5.69 Å². The van der Waals surface area contributed by atoms with Crippen molar-refractivity contribution < 1.29 is 18.9 Å². The minimum absolute atomic E-state index is 0.100. The number of ether oxygens (including phenoxy) is 4. The van der Waals surface area contributed by atoms with Gasteiger partial charge in [0.15, 0.2) is 0 Å². The minimum atomic E-state index is 0.100. The van der Waals surface area contributed by atoms with Crippen LogP contribution in [-0.2, 0) is 16.1 Å². The van der Waals surface area contributed by atoms with Gasteiger partial charge in [-0.15, -0.1) is 0 Å². The molecule has 0 bridgehead atoms. The van der Waals surface area contributed by atoms with Gasteiger partial charge in [0.05, 0.1) is 32.1 Å². The molecule has 0 radical (unpaired) electrons. The summed E-state index contributed by atoms with van der Waals surface area (Å²) in [6.07, 6.45) is 3.31. The van der Waals surface area contributed by atoms with Crippen LogP contribution in [0.5, 0.6) is 11.5 Å². The van der Waals surface area contributed by atoms with Crippen molar-refractivity contribution in [2.24, 2.45) is 0 Å². The first kappa shape index (κ1) is 29.7. The van der Waals surface area contributed by atoms with E-state index >= 15 is 0 Å². The highest BCUT2D eigenvalue weighted by Gasteiger charge is 2.33. The highest BCUT2D eigenvalue weighted by molar-refractivity contribution is 5.61. The maximum atomic E-state index is 6.68. The van der Waals surface area contributed by atoms with Crippen LogP contribution in [0, 0.1) is 0 Å². The van der Waals surface area contributed by atoms with E-state index in [-0.39, 0.29) is 6.10 Å². The summed E-state index contributed by atoms with van der Waals surface area (Å²) >= 11 is 0. The van der Waals surface area contributed by atoms with Gasteiger partial charge >= 0.3 is 0 Å². The fraction of sp³-hybridized carbons (Fsp3) is 0.625. The molecule has 7 heteroatoms. The first-order valence-electron chi connectivity index (χ1n) is 14.8. The van der Waals surface area contributed by atoms with Crippen molar-refractivity contribution in [2.45, 2.75) is 70.7 Å². The van der Waals surface area contributed by atoms with Crippen molar-refractivity contribution in [3.63, 3.8) is 0 Å². The van der Waals surface area contributed by atoms with Gasteiger partial charge in [-0.1, -0.05) is 32.0 Å². The van der Waals surface area contributed by atoms with Gasteiger partial charge < -0.3 is 34.1 Å². The van der Waals surface area contributed by atoms with Crippen LogP contribution in [0.2, 0.25) is 0 Å². The molecule has 4 rings (SSSR count). The van der Waals surface area contributed by atoms with E-state index in [1.807, 2.05) is 0 Å². The van der Waals surface area contributed by atoms with Crippen LogP contribution in [0.3, 0.4) is 0 Å². The molecule has 0 aromatic heterocycles. The van der Waals surface area contributed by atoms with E-state index < -0.39 is 0 Å². The number of benzene rings is 2. The zero-order chi connectivity index (χ0) is 27.6. The van der Waals surface area contributed by atoms with Crippen molar-refractivity contribution in [1.82, 2.24) is 10.2 Å². The fourth-order valence-corrected chi connectivity index (χ4v) is 6.17. The molecule has 4 atom stereocenters. The molecule has 0 spiro atoms. The van der Waals surface area contributed by atoms with E-state index in [4.69, 9.17) is 18.9 Å². The van der Waals surface area contributed by atoms with Crippen LogP contribution in [0.1, 0.15) is 57.1 Å². The van der Waals surface area contributed by atoms with E-state index in [9.17, 15) is 0 Å². The van der Waals surface area contributed by atoms with E-state index in [1.54, 1.807) is 14.2 Å². The monoisotopic (exact) mass is 539 g/mol. The van der Waals surface area contributed by atoms with Crippen molar-refractivity contribution >= 4 is 5.69 Å². The quantitative estimate of drug-likeness (QED) is 0.336. The number of fused-ring (bicyclic) bond motifs is 1. The maximum absolute atomic E-state index is 6.68. The second kappa shape index (κ2) is 14.9. The van der Waals surface area contributed by atoms with Gasteiger partial charge in [0.1, 0.15) is 18.1 Å². The first-order valence-corrected chi connectivity index (χ1v) is 14.8. The lowest BCUT2D eigenvalue weighted by atomic mass is 9.82. The van der Waals surface area contributed by atoms with Crippen molar-refractivity contribution in [3.8, 4) is 11.5 Å². The normalized spacial score (nSPS) is 21.9. The Morgan fingerprint density at radius 1 is 1.10 bits per heavy atom. The van der Waals surface area contributed by atoms with Gasteiger partial charge in [0.25, 0.3) is 0 Å². The largest absolute Gasteiger partial charge is 0.497 e. The predicted molar refractivity (Wildman–Crippen MR) is 158 cm³/mol. The molecule has 1 saturated heterocycles. The SMILES string of the molecule is CCN(CC)[C@H](C)C[C@H]1C[C@H](c2ccc(OC)cc2)[C@@H](OCc2ccc3c(c2)N(CCCOC)CCO3)CN1. The third kappa shape index (κ3) is 7.88. The molecule has 1 fully saturated rings. The third-order valence-corrected chi connectivity index (χ3v) is 8.42. The standard InChI is InChI=1S/C32H49N3O4/c1-6-34(7-2)24(3)19-27-21-29(26-10-12-28(37-5)13-11-26)32(22-33-27)39-23-25-9-14-31-30(20-25)35(16-18-38-31)15-8-17-36-4/h9-14,20,24,27,29,32-33H,6-8,15-19,21-23H2,1-5H3/t24-,27+,29-,32+/m1/s1. The lowest BCUT2D eigenvalue weighted by Crippen LogP contribution is -2.49. The highest BCUT2D eigenvalue weighted by atomic mass is 16.5.